The van der Waals surface area contributed by atoms with Gasteiger partial charge in [-0.25, -0.2) is 4.98 Å². The zero-order valence-corrected chi connectivity index (χ0v) is 10.8. The van der Waals surface area contributed by atoms with Crippen molar-refractivity contribution in [3.05, 3.63) is 42.5 Å². The summed E-state index contributed by atoms with van der Waals surface area (Å²) in [4.78, 5) is 7.76. The second-order valence-corrected chi connectivity index (χ2v) is 4.20. The molecule has 2 heterocycles. The van der Waals surface area contributed by atoms with Crippen LogP contribution in [0.15, 0.2) is 42.5 Å². The van der Waals surface area contributed by atoms with E-state index in [4.69, 9.17) is 9.47 Å². The summed E-state index contributed by atoms with van der Waals surface area (Å²) in [6.07, 6.45) is 0. The van der Waals surface area contributed by atoms with Gasteiger partial charge in [-0.2, -0.15) is 0 Å². The van der Waals surface area contributed by atoms with Crippen LogP contribution in [0.3, 0.4) is 0 Å². The number of aromatic amines is 1. The Hall–Kier alpha value is -2.49. The molecule has 0 aliphatic carbocycles. The molecule has 0 amide bonds. The van der Waals surface area contributed by atoms with Gasteiger partial charge in [-0.15, -0.1) is 0 Å². The Balaban J connectivity index is 2.09. The van der Waals surface area contributed by atoms with Crippen LogP contribution in [-0.4, -0.2) is 24.2 Å². The number of ether oxygens (including phenoxy) is 2. The van der Waals surface area contributed by atoms with Crippen LogP contribution in [0.4, 0.5) is 0 Å². The molecule has 0 spiro atoms. The number of nitrogens with zero attached hydrogens (tertiary/aromatic N) is 1. The number of hydrogen-bond donors (Lipinski definition) is 1. The summed E-state index contributed by atoms with van der Waals surface area (Å²) in [7, 11) is 3.28. The van der Waals surface area contributed by atoms with E-state index in [9.17, 15) is 0 Å². The third kappa shape index (κ3) is 2.12. The van der Waals surface area contributed by atoms with Gasteiger partial charge in [0, 0.05) is 17.0 Å². The molecule has 3 aromatic rings. The zero-order valence-electron chi connectivity index (χ0n) is 10.8. The van der Waals surface area contributed by atoms with Gasteiger partial charge >= 0.3 is 0 Å². The number of pyridine rings is 1. The molecule has 4 heteroatoms. The molecule has 3 rings (SSSR count). The topological polar surface area (TPSA) is 47.1 Å². The predicted molar refractivity (Wildman–Crippen MR) is 74.6 cm³/mol. The largest absolute Gasteiger partial charge is 0.497 e. The average molecular weight is 254 g/mol. The second-order valence-electron chi connectivity index (χ2n) is 4.20. The summed E-state index contributed by atoms with van der Waals surface area (Å²) < 4.78 is 10.4. The number of methoxy groups -OCH3 is 2. The van der Waals surface area contributed by atoms with Crippen LogP contribution >= 0.6 is 0 Å². The van der Waals surface area contributed by atoms with E-state index >= 15 is 0 Å². The monoisotopic (exact) mass is 254 g/mol. The van der Waals surface area contributed by atoms with Gasteiger partial charge in [-0.1, -0.05) is 6.07 Å². The Morgan fingerprint density at radius 1 is 1.00 bits per heavy atom. The summed E-state index contributed by atoms with van der Waals surface area (Å²) in [6, 6.07) is 13.7. The molecule has 0 saturated heterocycles. The number of nitrogens with one attached hydrogen (secondary N) is 1. The van der Waals surface area contributed by atoms with Crippen molar-refractivity contribution in [1.82, 2.24) is 9.97 Å². The Morgan fingerprint density at radius 3 is 2.68 bits per heavy atom. The lowest BCUT2D eigenvalue weighted by atomic mass is 10.2. The van der Waals surface area contributed by atoms with Crippen molar-refractivity contribution in [2.45, 2.75) is 0 Å². The number of rotatable bonds is 3. The molecule has 0 aliphatic heterocycles. The van der Waals surface area contributed by atoms with E-state index in [2.05, 4.69) is 16.0 Å². The molecule has 0 atom stereocenters. The van der Waals surface area contributed by atoms with Crippen molar-refractivity contribution in [2.24, 2.45) is 0 Å². The maximum absolute atomic E-state index is 5.22. The number of H-pyrrole nitrogens is 1. The van der Waals surface area contributed by atoms with Crippen molar-refractivity contribution in [3.8, 4) is 23.0 Å². The van der Waals surface area contributed by atoms with E-state index in [0.29, 0.717) is 5.88 Å². The number of fused-ring (bicyclic) bond motifs is 1. The van der Waals surface area contributed by atoms with Crippen LogP contribution in [-0.2, 0) is 0 Å². The highest BCUT2D eigenvalue weighted by atomic mass is 16.5. The lowest BCUT2D eigenvalue weighted by molar-refractivity contribution is 0.398. The van der Waals surface area contributed by atoms with Crippen LogP contribution < -0.4 is 9.47 Å². The molecular formula is C15H14N2O2. The molecule has 0 saturated carbocycles. The summed E-state index contributed by atoms with van der Waals surface area (Å²) in [6.45, 7) is 0. The third-order valence-corrected chi connectivity index (χ3v) is 3.04. The maximum Gasteiger partial charge on any atom is 0.213 e. The summed E-state index contributed by atoms with van der Waals surface area (Å²) in [5.74, 6) is 1.45. The molecule has 0 aliphatic rings. The first-order chi connectivity index (χ1) is 9.30. The summed E-state index contributed by atoms with van der Waals surface area (Å²) in [5.41, 5.74) is 2.87. The Morgan fingerprint density at radius 2 is 1.89 bits per heavy atom. The Kier molecular flexibility index (Phi) is 2.83. The van der Waals surface area contributed by atoms with Crippen LogP contribution in [0, 0.1) is 0 Å². The third-order valence-electron chi connectivity index (χ3n) is 3.04. The van der Waals surface area contributed by atoms with Gasteiger partial charge in [-0.05, 0) is 30.3 Å². The average Bonchev–Trinajstić information content (AvgIpc) is 2.90. The highest BCUT2D eigenvalue weighted by Gasteiger charge is 2.06. The number of benzene rings is 1. The minimum atomic E-state index is 0.605. The molecule has 4 nitrogen and oxygen atoms in total. The first-order valence-corrected chi connectivity index (χ1v) is 5.98. The Bertz CT molecular complexity index is 719. The smallest absolute Gasteiger partial charge is 0.213 e. The maximum atomic E-state index is 5.22. The molecule has 96 valence electrons. The van der Waals surface area contributed by atoms with E-state index in [1.54, 1.807) is 14.2 Å². The van der Waals surface area contributed by atoms with E-state index in [1.165, 1.54) is 0 Å². The van der Waals surface area contributed by atoms with E-state index < -0.39 is 0 Å². The molecule has 1 aromatic carbocycles. The van der Waals surface area contributed by atoms with Crippen molar-refractivity contribution in [3.63, 3.8) is 0 Å². The minimum absolute atomic E-state index is 0.605. The summed E-state index contributed by atoms with van der Waals surface area (Å²) in [5, 5.41) is 1.10. The van der Waals surface area contributed by atoms with E-state index in [1.807, 2.05) is 36.4 Å². The molecule has 0 radical (unpaired) electrons. The van der Waals surface area contributed by atoms with Gasteiger partial charge in [0.05, 0.1) is 25.6 Å². The van der Waals surface area contributed by atoms with E-state index in [0.717, 1.165) is 28.0 Å². The van der Waals surface area contributed by atoms with E-state index in [-0.39, 0.29) is 0 Å². The minimum Gasteiger partial charge on any atom is -0.497 e. The van der Waals surface area contributed by atoms with Crippen molar-refractivity contribution >= 4 is 10.9 Å². The Labute approximate surface area is 111 Å². The molecule has 0 fully saturated rings. The molecule has 19 heavy (non-hydrogen) atoms. The second kappa shape index (κ2) is 4.65. The summed E-state index contributed by atoms with van der Waals surface area (Å²) >= 11 is 0. The first kappa shape index (κ1) is 11.6. The fourth-order valence-corrected chi connectivity index (χ4v) is 2.05. The standard InChI is InChI=1S/C15H14N2O2/c1-18-11-6-7-12-10(8-11)9-14(16-12)13-4-3-5-15(17-13)19-2/h3-9,16H,1-2H3. The van der Waals surface area contributed by atoms with Crippen LogP contribution in [0.1, 0.15) is 0 Å². The highest BCUT2D eigenvalue weighted by molar-refractivity contribution is 5.86. The van der Waals surface area contributed by atoms with Crippen LogP contribution in [0.5, 0.6) is 11.6 Å². The van der Waals surface area contributed by atoms with Crippen molar-refractivity contribution in [1.29, 1.82) is 0 Å². The van der Waals surface area contributed by atoms with Crippen LogP contribution in [0.2, 0.25) is 0 Å². The zero-order chi connectivity index (χ0) is 13.2. The molecule has 0 unspecified atom stereocenters. The highest BCUT2D eigenvalue weighted by Crippen LogP contribution is 2.26. The normalized spacial score (nSPS) is 10.6. The predicted octanol–water partition coefficient (Wildman–Crippen LogP) is 3.25. The molecule has 1 N–H and O–H groups in total. The lowest BCUT2D eigenvalue weighted by Crippen LogP contribution is -1.89. The van der Waals surface area contributed by atoms with Crippen molar-refractivity contribution in [2.75, 3.05) is 14.2 Å². The fourth-order valence-electron chi connectivity index (χ4n) is 2.05. The van der Waals surface area contributed by atoms with Gasteiger partial charge in [0.1, 0.15) is 5.75 Å². The fraction of sp³-hybridized carbons (Fsp3) is 0.133. The quantitative estimate of drug-likeness (QED) is 0.780. The van der Waals surface area contributed by atoms with Crippen molar-refractivity contribution < 1.29 is 9.47 Å². The van der Waals surface area contributed by atoms with Gasteiger partial charge in [0.2, 0.25) is 5.88 Å². The number of aromatic nitrogens is 2. The van der Waals surface area contributed by atoms with Crippen LogP contribution in [0.25, 0.3) is 22.3 Å². The SMILES string of the molecule is COc1ccc2[nH]c(-c3cccc(OC)n3)cc2c1. The molecular weight excluding hydrogens is 240 g/mol. The first-order valence-electron chi connectivity index (χ1n) is 5.98. The van der Waals surface area contributed by atoms with Gasteiger partial charge in [0.25, 0.3) is 0 Å². The molecule has 0 bridgehead atoms. The number of hydrogen-bond acceptors (Lipinski definition) is 3. The van der Waals surface area contributed by atoms with Gasteiger partial charge < -0.3 is 14.5 Å². The van der Waals surface area contributed by atoms with Gasteiger partial charge in [0.15, 0.2) is 0 Å². The lowest BCUT2D eigenvalue weighted by Gasteiger charge is -2.00. The van der Waals surface area contributed by atoms with Gasteiger partial charge in [-0.3, -0.25) is 0 Å². The molecule has 2 aromatic heterocycles.